The minimum Gasteiger partial charge on any atom is -0.493 e. The summed E-state index contributed by atoms with van der Waals surface area (Å²) in [6, 6.07) is 13.5. The van der Waals surface area contributed by atoms with E-state index in [9.17, 15) is 9.59 Å². The van der Waals surface area contributed by atoms with Crippen LogP contribution in [0.25, 0.3) is 0 Å². The fourth-order valence-electron chi connectivity index (χ4n) is 4.31. The SMILES string of the molecule is COc1cccc(C(=O)C(=O)c2ccccc2)c1OCC(C)(C)C1OC(C)(C)OCC1(C)C. The van der Waals surface area contributed by atoms with Crippen molar-refractivity contribution in [1.82, 2.24) is 0 Å². The van der Waals surface area contributed by atoms with E-state index in [0.29, 0.717) is 17.9 Å². The van der Waals surface area contributed by atoms with Crippen LogP contribution < -0.4 is 9.47 Å². The Morgan fingerprint density at radius 2 is 1.67 bits per heavy atom. The van der Waals surface area contributed by atoms with Crippen molar-refractivity contribution in [3.63, 3.8) is 0 Å². The zero-order valence-corrected chi connectivity index (χ0v) is 20.6. The summed E-state index contributed by atoms with van der Waals surface area (Å²) in [5, 5.41) is 0. The Balaban J connectivity index is 1.89. The Morgan fingerprint density at radius 1 is 1.00 bits per heavy atom. The van der Waals surface area contributed by atoms with Gasteiger partial charge in [0.05, 0.1) is 32.0 Å². The number of hydrogen-bond acceptors (Lipinski definition) is 6. The Kier molecular flexibility index (Phi) is 7.01. The summed E-state index contributed by atoms with van der Waals surface area (Å²) in [5.41, 5.74) is -0.178. The van der Waals surface area contributed by atoms with Gasteiger partial charge in [0.1, 0.15) is 0 Å². The Labute approximate surface area is 196 Å². The topological polar surface area (TPSA) is 71.1 Å². The fraction of sp³-hybridized carbons (Fsp3) is 0.481. The Bertz CT molecular complexity index is 1010. The first kappa shape index (κ1) is 24.9. The first-order chi connectivity index (χ1) is 15.4. The average molecular weight is 455 g/mol. The number of ether oxygens (including phenoxy) is 4. The molecule has 1 aliphatic rings. The van der Waals surface area contributed by atoms with Crippen molar-refractivity contribution in [2.45, 2.75) is 53.4 Å². The van der Waals surface area contributed by atoms with Crippen LogP contribution in [0.2, 0.25) is 0 Å². The Hall–Kier alpha value is -2.70. The predicted octanol–water partition coefficient (Wildman–Crippen LogP) is 5.34. The molecular weight excluding hydrogens is 420 g/mol. The summed E-state index contributed by atoms with van der Waals surface area (Å²) in [7, 11) is 1.51. The van der Waals surface area contributed by atoms with E-state index in [2.05, 4.69) is 27.7 Å². The van der Waals surface area contributed by atoms with Gasteiger partial charge in [0, 0.05) is 16.4 Å². The van der Waals surface area contributed by atoms with Crippen LogP contribution in [-0.2, 0) is 9.47 Å². The van der Waals surface area contributed by atoms with Gasteiger partial charge in [-0.25, -0.2) is 0 Å². The van der Waals surface area contributed by atoms with Crippen molar-refractivity contribution in [1.29, 1.82) is 0 Å². The summed E-state index contributed by atoms with van der Waals surface area (Å²) >= 11 is 0. The number of para-hydroxylation sites is 1. The van der Waals surface area contributed by atoms with Crippen LogP contribution in [0, 0.1) is 10.8 Å². The van der Waals surface area contributed by atoms with E-state index in [1.807, 2.05) is 13.8 Å². The Morgan fingerprint density at radius 3 is 2.30 bits per heavy atom. The van der Waals surface area contributed by atoms with Gasteiger partial charge < -0.3 is 18.9 Å². The first-order valence-electron chi connectivity index (χ1n) is 11.1. The number of carbonyl (C=O) groups excluding carboxylic acids is 2. The molecule has 0 radical (unpaired) electrons. The van der Waals surface area contributed by atoms with Gasteiger partial charge in [-0.3, -0.25) is 9.59 Å². The van der Waals surface area contributed by atoms with Gasteiger partial charge in [-0.15, -0.1) is 0 Å². The number of methoxy groups -OCH3 is 1. The highest BCUT2D eigenvalue weighted by molar-refractivity contribution is 6.49. The quantitative estimate of drug-likeness (QED) is 0.396. The summed E-state index contributed by atoms with van der Waals surface area (Å²) in [6.45, 7) is 12.9. The van der Waals surface area contributed by atoms with Gasteiger partial charge in [-0.1, -0.05) is 64.1 Å². The van der Waals surface area contributed by atoms with Crippen molar-refractivity contribution in [3.8, 4) is 11.5 Å². The van der Waals surface area contributed by atoms with Crippen molar-refractivity contribution in [2.75, 3.05) is 20.3 Å². The number of Topliss-reactive ketones (excluding diaryl/α,β-unsaturated/α-hetero) is 2. The third kappa shape index (κ3) is 5.45. The van der Waals surface area contributed by atoms with Gasteiger partial charge in [0.25, 0.3) is 0 Å². The summed E-state index contributed by atoms with van der Waals surface area (Å²) in [6.07, 6.45) is -0.173. The summed E-state index contributed by atoms with van der Waals surface area (Å²) in [4.78, 5) is 25.9. The second kappa shape index (κ2) is 9.27. The number of rotatable bonds is 8. The highest BCUT2D eigenvalue weighted by atomic mass is 16.7. The van der Waals surface area contributed by atoms with Crippen molar-refractivity contribution >= 4 is 11.6 Å². The second-order valence-corrected chi connectivity index (χ2v) is 10.3. The molecule has 6 nitrogen and oxygen atoms in total. The van der Waals surface area contributed by atoms with E-state index in [4.69, 9.17) is 18.9 Å². The molecule has 0 saturated carbocycles. The lowest BCUT2D eigenvalue weighted by Crippen LogP contribution is -2.57. The molecule has 1 unspecified atom stereocenters. The number of carbonyl (C=O) groups is 2. The lowest BCUT2D eigenvalue weighted by Gasteiger charge is -2.51. The molecule has 0 amide bonds. The van der Waals surface area contributed by atoms with Crippen molar-refractivity contribution in [2.24, 2.45) is 10.8 Å². The van der Waals surface area contributed by atoms with E-state index >= 15 is 0 Å². The lowest BCUT2D eigenvalue weighted by molar-refractivity contribution is -0.333. The van der Waals surface area contributed by atoms with Crippen LogP contribution in [0.3, 0.4) is 0 Å². The molecule has 1 saturated heterocycles. The van der Waals surface area contributed by atoms with Crippen LogP contribution in [0.15, 0.2) is 48.5 Å². The van der Waals surface area contributed by atoms with Crippen LogP contribution in [-0.4, -0.2) is 43.8 Å². The maximum atomic E-state index is 13.1. The number of ketones is 2. The first-order valence-corrected chi connectivity index (χ1v) is 11.1. The van der Waals surface area contributed by atoms with Gasteiger partial charge in [0.2, 0.25) is 11.6 Å². The standard InChI is InChI=1S/C27H34O6/c1-25(2,24-26(3,4)17-32-27(5,6)33-24)16-31-23-19(14-11-15-20(23)30-7)22(29)21(28)18-12-9-8-10-13-18/h8-15,24H,16-17H2,1-7H3. The van der Waals surface area contributed by atoms with Crippen molar-refractivity contribution in [3.05, 3.63) is 59.7 Å². The minimum absolute atomic E-state index is 0.173. The maximum absolute atomic E-state index is 13.1. The molecule has 2 aromatic carbocycles. The highest BCUT2D eigenvalue weighted by Gasteiger charge is 2.49. The van der Waals surface area contributed by atoms with E-state index in [1.54, 1.807) is 48.5 Å². The molecule has 0 spiro atoms. The minimum atomic E-state index is -0.703. The molecule has 2 aromatic rings. The van der Waals surface area contributed by atoms with Crippen LogP contribution in [0.5, 0.6) is 11.5 Å². The third-order valence-corrected chi connectivity index (χ3v) is 5.89. The van der Waals surface area contributed by atoms with Gasteiger partial charge in [-0.2, -0.15) is 0 Å². The monoisotopic (exact) mass is 454 g/mol. The largest absolute Gasteiger partial charge is 0.493 e. The highest BCUT2D eigenvalue weighted by Crippen LogP contribution is 2.44. The average Bonchev–Trinajstić information content (AvgIpc) is 2.78. The van der Waals surface area contributed by atoms with Gasteiger partial charge in [0.15, 0.2) is 17.3 Å². The molecule has 0 aromatic heterocycles. The molecule has 3 rings (SSSR count). The van der Waals surface area contributed by atoms with Crippen LogP contribution in [0.1, 0.15) is 62.3 Å². The third-order valence-electron chi connectivity index (χ3n) is 5.89. The number of benzene rings is 2. The second-order valence-electron chi connectivity index (χ2n) is 10.3. The van der Waals surface area contributed by atoms with E-state index in [-0.39, 0.29) is 29.4 Å². The molecule has 178 valence electrons. The maximum Gasteiger partial charge on any atom is 0.237 e. The summed E-state index contributed by atoms with van der Waals surface area (Å²) < 4.78 is 23.9. The van der Waals surface area contributed by atoms with Gasteiger partial charge in [-0.05, 0) is 26.0 Å². The van der Waals surface area contributed by atoms with Crippen molar-refractivity contribution < 1.29 is 28.5 Å². The molecule has 1 atom stereocenters. The molecular formula is C27H34O6. The van der Waals surface area contributed by atoms with E-state index in [0.717, 1.165) is 0 Å². The summed E-state index contributed by atoms with van der Waals surface area (Å²) in [5.74, 6) is -1.29. The fourth-order valence-corrected chi connectivity index (χ4v) is 4.31. The molecule has 0 bridgehead atoms. The molecule has 0 aliphatic carbocycles. The van der Waals surface area contributed by atoms with E-state index in [1.165, 1.54) is 7.11 Å². The molecule has 1 fully saturated rings. The molecule has 6 heteroatoms. The van der Waals surface area contributed by atoms with Crippen LogP contribution >= 0.6 is 0 Å². The number of hydrogen-bond donors (Lipinski definition) is 0. The van der Waals surface area contributed by atoms with E-state index < -0.39 is 22.8 Å². The zero-order chi connectivity index (χ0) is 24.4. The molecule has 0 N–H and O–H groups in total. The smallest absolute Gasteiger partial charge is 0.237 e. The molecule has 1 heterocycles. The molecule has 1 aliphatic heterocycles. The van der Waals surface area contributed by atoms with Gasteiger partial charge >= 0.3 is 0 Å². The van der Waals surface area contributed by atoms with Crippen LogP contribution in [0.4, 0.5) is 0 Å². The lowest BCUT2D eigenvalue weighted by atomic mass is 9.71. The zero-order valence-electron chi connectivity index (χ0n) is 20.6. The molecule has 33 heavy (non-hydrogen) atoms. The predicted molar refractivity (Wildman–Crippen MR) is 126 cm³/mol. The normalized spacial score (nSPS) is 19.5.